The molecule has 0 aromatic heterocycles. The first-order valence-corrected chi connectivity index (χ1v) is 6.36. The van der Waals surface area contributed by atoms with Gasteiger partial charge < -0.3 is 9.84 Å². The van der Waals surface area contributed by atoms with Crippen LogP contribution < -0.4 is 0 Å². The van der Waals surface area contributed by atoms with E-state index in [1.165, 1.54) is 0 Å². The molecule has 0 heterocycles. The third-order valence-corrected chi connectivity index (χ3v) is 3.06. The lowest BCUT2D eigenvalue weighted by Gasteiger charge is -2.25. The van der Waals surface area contributed by atoms with E-state index in [0.717, 1.165) is 5.56 Å². The molecule has 1 aromatic rings. The maximum absolute atomic E-state index is 12.2. The molecule has 0 fully saturated rings. The van der Waals surface area contributed by atoms with Crippen LogP contribution in [0.1, 0.15) is 31.4 Å². The van der Waals surface area contributed by atoms with E-state index in [1.807, 2.05) is 6.92 Å². The largest absolute Gasteiger partial charge is 0.480 e. The molecule has 0 saturated carbocycles. The Labute approximate surface area is 118 Å². The molecule has 0 radical (unpaired) electrons. The molecule has 0 spiro atoms. The Bertz CT molecular complexity index is 548. The van der Waals surface area contributed by atoms with Gasteiger partial charge in [-0.2, -0.15) is 0 Å². The average molecular weight is 274 g/mol. The minimum atomic E-state index is -1.77. The van der Waals surface area contributed by atoms with E-state index >= 15 is 0 Å². The summed E-state index contributed by atoms with van der Waals surface area (Å²) in [5.74, 6) is 3.30. The van der Waals surface area contributed by atoms with E-state index in [4.69, 9.17) is 4.74 Å². The van der Waals surface area contributed by atoms with Crippen molar-refractivity contribution in [1.29, 1.82) is 0 Å². The number of aryl methyl sites for hydroxylation is 1. The van der Waals surface area contributed by atoms with Gasteiger partial charge >= 0.3 is 11.9 Å². The van der Waals surface area contributed by atoms with Crippen LogP contribution in [0.2, 0.25) is 0 Å². The van der Waals surface area contributed by atoms with Crippen LogP contribution >= 0.6 is 0 Å². The molecule has 1 N–H and O–H groups in total. The highest BCUT2D eigenvalue weighted by Crippen LogP contribution is 2.30. The number of hydrogen-bond donors (Lipinski definition) is 1. The second kappa shape index (κ2) is 6.76. The minimum Gasteiger partial charge on any atom is -0.480 e. The van der Waals surface area contributed by atoms with E-state index in [-0.39, 0.29) is 13.0 Å². The summed E-state index contributed by atoms with van der Waals surface area (Å²) in [6, 6.07) is 6.81. The first kappa shape index (κ1) is 15.8. The van der Waals surface area contributed by atoms with E-state index in [9.17, 15) is 14.7 Å². The van der Waals surface area contributed by atoms with E-state index < -0.39 is 17.4 Å². The Balaban J connectivity index is 3.42. The van der Waals surface area contributed by atoms with Crippen molar-refractivity contribution in [1.82, 2.24) is 0 Å². The second-order valence-corrected chi connectivity index (χ2v) is 4.40. The molecule has 0 amide bonds. The maximum Gasteiger partial charge on any atom is 0.329 e. The zero-order valence-electron chi connectivity index (χ0n) is 11.9. The molecule has 20 heavy (non-hydrogen) atoms. The second-order valence-electron chi connectivity index (χ2n) is 4.40. The molecule has 0 aliphatic rings. The number of esters is 1. The van der Waals surface area contributed by atoms with Gasteiger partial charge in [-0.25, -0.2) is 0 Å². The van der Waals surface area contributed by atoms with Crippen molar-refractivity contribution in [3.63, 3.8) is 0 Å². The molecule has 0 aliphatic carbocycles. The molecule has 0 bridgehead atoms. The summed E-state index contributed by atoms with van der Waals surface area (Å²) in [5, 5.41) is 9.60. The van der Waals surface area contributed by atoms with Crippen LogP contribution in [0.25, 0.3) is 0 Å². The fourth-order valence-electron chi connectivity index (χ4n) is 1.89. The highest BCUT2D eigenvalue weighted by atomic mass is 16.5. The molecule has 4 heteroatoms. The first-order chi connectivity index (χ1) is 9.48. The van der Waals surface area contributed by atoms with Crippen LogP contribution in [-0.2, 0) is 19.7 Å². The quantitative estimate of drug-likeness (QED) is 0.508. The van der Waals surface area contributed by atoms with Gasteiger partial charge in [0.25, 0.3) is 0 Å². The van der Waals surface area contributed by atoms with Crippen LogP contribution in [0.5, 0.6) is 0 Å². The van der Waals surface area contributed by atoms with Gasteiger partial charge in [-0.3, -0.25) is 9.59 Å². The van der Waals surface area contributed by atoms with Gasteiger partial charge in [-0.15, -0.1) is 11.8 Å². The fourth-order valence-corrected chi connectivity index (χ4v) is 1.89. The van der Waals surface area contributed by atoms with Crippen molar-refractivity contribution in [2.24, 2.45) is 0 Å². The normalized spacial score (nSPS) is 12.8. The standard InChI is InChI=1S/C16H18O4/c1-4-6-11-16(14(17)18,15(19)20-5-2)13-9-7-12(3)8-10-13/h7-10H,5,11H2,1-3H3,(H,17,18). The van der Waals surface area contributed by atoms with Crippen molar-refractivity contribution in [3.05, 3.63) is 35.4 Å². The SMILES string of the molecule is CC#CCC(C(=O)O)(C(=O)OCC)c1ccc(C)cc1. The number of carbonyl (C=O) groups is 2. The van der Waals surface area contributed by atoms with Crippen molar-refractivity contribution in [3.8, 4) is 11.8 Å². The first-order valence-electron chi connectivity index (χ1n) is 6.36. The number of hydrogen-bond acceptors (Lipinski definition) is 3. The Morgan fingerprint density at radius 2 is 1.90 bits per heavy atom. The highest BCUT2D eigenvalue weighted by molar-refractivity contribution is 6.06. The van der Waals surface area contributed by atoms with Crippen molar-refractivity contribution in [2.45, 2.75) is 32.6 Å². The third-order valence-electron chi connectivity index (χ3n) is 3.06. The minimum absolute atomic E-state index is 0.110. The smallest absolute Gasteiger partial charge is 0.329 e. The number of carboxylic acids is 1. The average Bonchev–Trinajstić information content (AvgIpc) is 2.41. The fraction of sp³-hybridized carbons (Fsp3) is 0.375. The predicted octanol–water partition coefficient (Wildman–Crippen LogP) is 2.29. The summed E-state index contributed by atoms with van der Waals surface area (Å²) in [7, 11) is 0. The van der Waals surface area contributed by atoms with Gasteiger partial charge in [-0.05, 0) is 26.3 Å². The molecular formula is C16H18O4. The van der Waals surface area contributed by atoms with E-state index in [0.29, 0.717) is 5.56 Å². The van der Waals surface area contributed by atoms with Crippen molar-refractivity contribution in [2.75, 3.05) is 6.61 Å². The van der Waals surface area contributed by atoms with Gasteiger partial charge in [0.1, 0.15) is 0 Å². The van der Waals surface area contributed by atoms with Gasteiger partial charge in [-0.1, -0.05) is 29.8 Å². The maximum atomic E-state index is 12.2. The molecule has 106 valence electrons. The molecule has 0 aliphatic heterocycles. The Morgan fingerprint density at radius 3 is 2.35 bits per heavy atom. The number of aliphatic carboxylic acids is 1. The van der Waals surface area contributed by atoms with E-state index in [2.05, 4.69) is 11.8 Å². The van der Waals surface area contributed by atoms with Gasteiger partial charge in [0.15, 0.2) is 0 Å². The van der Waals surface area contributed by atoms with Crippen LogP contribution in [0, 0.1) is 18.8 Å². The Kier molecular flexibility index (Phi) is 5.33. The highest BCUT2D eigenvalue weighted by Gasteiger charge is 2.49. The van der Waals surface area contributed by atoms with Crippen molar-refractivity contribution < 1.29 is 19.4 Å². The molecule has 4 nitrogen and oxygen atoms in total. The zero-order chi connectivity index (χ0) is 15.2. The monoisotopic (exact) mass is 274 g/mol. The van der Waals surface area contributed by atoms with Crippen LogP contribution in [0.3, 0.4) is 0 Å². The number of carboxylic acid groups (broad SMARTS) is 1. The van der Waals surface area contributed by atoms with Crippen LogP contribution in [0.15, 0.2) is 24.3 Å². The number of carbonyl (C=O) groups excluding carboxylic acids is 1. The summed E-state index contributed by atoms with van der Waals surface area (Å²) < 4.78 is 4.96. The number of ether oxygens (including phenoxy) is 1. The summed E-state index contributed by atoms with van der Waals surface area (Å²) in [4.78, 5) is 24.0. The molecule has 1 atom stereocenters. The molecular weight excluding hydrogens is 256 g/mol. The lowest BCUT2D eigenvalue weighted by molar-refractivity contribution is -0.161. The Morgan fingerprint density at radius 1 is 1.30 bits per heavy atom. The Hall–Kier alpha value is -2.28. The van der Waals surface area contributed by atoms with Gasteiger partial charge in [0.05, 0.1) is 6.61 Å². The van der Waals surface area contributed by atoms with Crippen LogP contribution in [0.4, 0.5) is 0 Å². The summed E-state index contributed by atoms with van der Waals surface area (Å²) in [5.41, 5.74) is -0.400. The molecule has 1 rings (SSSR count). The lowest BCUT2D eigenvalue weighted by Crippen LogP contribution is -2.44. The zero-order valence-corrected chi connectivity index (χ0v) is 11.9. The lowest BCUT2D eigenvalue weighted by atomic mass is 9.77. The third kappa shape index (κ3) is 3.00. The van der Waals surface area contributed by atoms with Crippen LogP contribution in [-0.4, -0.2) is 23.7 Å². The van der Waals surface area contributed by atoms with Gasteiger partial charge in [0.2, 0.25) is 5.41 Å². The molecule has 0 saturated heterocycles. The predicted molar refractivity (Wildman–Crippen MR) is 75.2 cm³/mol. The summed E-state index contributed by atoms with van der Waals surface area (Å²) >= 11 is 0. The topological polar surface area (TPSA) is 63.6 Å². The number of benzene rings is 1. The van der Waals surface area contributed by atoms with Gasteiger partial charge in [0, 0.05) is 6.42 Å². The summed E-state index contributed by atoms with van der Waals surface area (Å²) in [6.07, 6.45) is -0.110. The van der Waals surface area contributed by atoms with E-state index in [1.54, 1.807) is 38.1 Å². The molecule has 1 unspecified atom stereocenters. The number of rotatable bonds is 5. The van der Waals surface area contributed by atoms with Crippen molar-refractivity contribution >= 4 is 11.9 Å². The summed E-state index contributed by atoms with van der Waals surface area (Å²) in [6.45, 7) is 5.26. The molecule has 1 aromatic carbocycles.